The van der Waals surface area contributed by atoms with Crippen LogP contribution in [-0.2, 0) is 0 Å². The van der Waals surface area contributed by atoms with Crippen molar-refractivity contribution in [2.45, 2.75) is 32.2 Å². The molecule has 0 N–H and O–H groups in total. The number of pyridine rings is 1. The second-order valence-electron chi connectivity index (χ2n) is 7.97. The summed E-state index contributed by atoms with van der Waals surface area (Å²) >= 11 is 0. The molecule has 1 saturated carbocycles. The summed E-state index contributed by atoms with van der Waals surface area (Å²) in [5.41, 5.74) is 1.29. The van der Waals surface area contributed by atoms with Gasteiger partial charge >= 0.3 is 0 Å². The lowest BCUT2D eigenvalue weighted by molar-refractivity contribution is 0.0918. The van der Waals surface area contributed by atoms with Crippen LogP contribution in [0.4, 0.5) is 5.82 Å². The van der Waals surface area contributed by atoms with Crippen LogP contribution in [0.25, 0.3) is 10.9 Å². The first kappa shape index (κ1) is 17.4. The molecule has 4 rings (SSSR count). The first-order chi connectivity index (χ1) is 12.5. The third kappa shape index (κ3) is 3.09. The number of methoxy groups -OCH3 is 2. The summed E-state index contributed by atoms with van der Waals surface area (Å²) in [6, 6.07) is 8.20. The van der Waals surface area contributed by atoms with Gasteiger partial charge in [-0.1, -0.05) is 0 Å². The second-order valence-corrected chi connectivity index (χ2v) is 7.97. The third-order valence-electron chi connectivity index (χ3n) is 6.17. The maximum absolute atomic E-state index is 5.42. The molecule has 1 saturated heterocycles. The van der Waals surface area contributed by atoms with Crippen LogP contribution in [0.2, 0.25) is 0 Å². The Hall–Kier alpha value is -2.01. The van der Waals surface area contributed by atoms with Crippen LogP contribution in [0.15, 0.2) is 24.3 Å². The zero-order valence-corrected chi connectivity index (χ0v) is 16.3. The van der Waals surface area contributed by atoms with E-state index < -0.39 is 0 Å². The smallest absolute Gasteiger partial charge is 0.162 e. The quantitative estimate of drug-likeness (QED) is 0.820. The predicted molar refractivity (Wildman–Crippen MR) is 105 cm³/mol. The Morgan fingerprint density at radius 1 is 0.962 bits per heavy atom. The van der Waals surface area contributed by atoms with Crippen molar-refractivity contribution in [3.63, 3.8) is 0 Å². The first-order valence-electron chi connectivity index (χ1n) is 9.55. The van der Waals surface area contributed by atoms with Gasteiger partial charge in [-0.25, -0.2) is 4.98 Å². The molecule has 1 aromatic heterocycles. The van der Waals surface area contributed by atoms with Gasteiger partial charge in [-0.15, -0.1) is 0 Å². The highest BCUT2D eigenvalue weighted by molar-refractivity contribution is 5.84. The van der Waals surface area contributed by atoms with Crippen molar-refractivity contribution >= 4 is 16.7 Å². The third-order valence-corrected chi connectivity index (χ3v) is 6.17. The van der Waals surface area contributed by atoms with Crippen molar-refractivity contribution in [1.29, 1.82) is 0 Å². The highest BCUT2D eigenvalue weighted by atomic mass is 16.5. The second kappa shape index (κ2) is 6.62. The topological polar surface area (TPSA) is 37.8 Å². The molecule has 0 unspecified atom stereocenters. The van der Waals surface area contributed by atoms with Crippen LogP contribution >= 0.6 is 0 Å². The molecule has 1 aliphatic carbocycles. The van der Waals surface area contributed by atoms with Crippen molar-refractivity contribution in [3.8, 4) is 11.5 Å². The molecule has 1 aromatic carbocycles. The van der Waals surface area contributed by atoms with Crippen molar-refractivity contribution in [2.24, 2.45) is 5.92 Å². The molecule has 2 aliphatic rings. The van der Waals surface area contributed by atoms with E-state index in [0.717, 1.165) is 60.3 Å². The van der Waals surface area contributed by atoms with E-state index in [-0.39, 0.29) is 0 Å². The number of ether oxygens (including phenoxy) is 2. The van der Waals surface area contributed by atoms with Gasteiger partial charge in [0.2, 0.25) is 0 Å². The predicted octanol–water partition coefficient (Wildman–Crippen LogP) is 3.56. The minimum Gasteiger partial charge on any atom is -0.493 e. The summed E-state index contributed by atoms with van der Waals surface area (Å²) < 4.78 is 10.8. The molecule has 2 fully saturated rings. The zero-order chi connectivity index (χ0) is 18.3. The van der Waals surface area contributed by atoms with E-state index in [1.807, 2.05) is 12.1 Å². The lowest BCUT2D eigenvalue weighted by atomic mass is 9.95. The van der Waals surface area contributed by atoms with Gasteiger partial charge in [0.25, 0.3) is 0 Å². The largest absolute Gasteiger partial charge is 0.493 e. The summed E-state index contributed by atoms with van der Waals surface area (Å²) in [6.45, 7) is 9.09. The average molecular weight is 355 g/mol. The SMILES string of the molecule is COc1cc2ccc(N3CCN(C(C)(C)C4CC4)CC3)nc2cc1OC. The van der Waals surface area contributed by atoms with Crippen LogP contribution in [0, 0.1) is 5.92 Å². The monoisotopic (exact) mass is 355 g/mol. The summed E-state index contributed by atoms with van der Waals surface area (Å²) in [5, 5.41) is 1.07. The molecule has 1 aliphatic heterocycles. The number of rotatable bonds is 5. The van der Waals surface area contributed by atoms with E-state index in [1.54, 1.807) is 14.2 Å². The highest BCUT2D eigenvalue weighted by Gasteiger charge is 2.42. The highest BCUT2D eigenvalue weighted by Crippen LogP contribution is 2.43. The summed E-state index contributed by atoms with van der Waals surface area (Å²) in [7, 11) is 3.32. The van der Waals surface area contributed by atoms with Gasteiger partial charge in [0.15, 0.2) is 11.5 Å². The molecule has 26 heavy (non-hydrogen) atoms. The molecule has 0 atom stereocenters. The molecule has 140 valence electrons. The maximum atomic E-state index is 5.42. The zero-order valence-electron chi connectivity index (χ0n) is 16.3. The molecule has 5 heteroatoms. The van der Waals surface area contributed by atoms with Crippen LogP contribution in [0.1, 0.15) is 26.7 Å². The summed E-state index contributed by atoms with van der Waals surface area (Å²) in [5.74, 6) is 3.40. The van der Waals surface area contributed by atoms with E-state index in [1.165, 1.54) is 12.8 Å². The number of piperazine rings is 1. The molecule has 0 amide bonds. The van der Waals surface area contributed by atoms with Gasteiger partial charge in [-0.2, -0.15) is 0 Å². The lowest BCUT2D eigenvalue weighted by Gasteiger charge is -2.44. The Balaban J connectivity index is 1.52. The number of nitrogens with zero attached hydrogens (tertiary/aromatic N) is 3. The Bertz CT molecular complexity index is 793. The van der Waals surface area contributed by atoms with E-state index in [4.69, 9.17) is 14.5 Å². The summed E-state index contributed by atoms with van der Waals surface area (Å²) in [6.07, 6.45) is 2.79. The lowest BCUT2D eigenvalue weighted by Crippen LogP contribution is -2.55. The van der Waals surface area contributed by atoms with Crippen LogP contribution < -0.4 is 14.4 Å². The molecule has 0 spiro atoms. The number of hydrogen-bond donors (Lipinski definition) is 0. The van der Waals surface area contributed by atoms with Gasteiger partial charge in [0, 0.05) is 43.2 Å². The minimum atomic E-state index is 0.340. The Morgan fingerprint density at radius 2 is 1.62 bits per heavy atom. The number of hydrogen-bond acceptors (Lipinski definition) is 5. The van der Waals surface area contributed by atoms with Gasteiger partial charge in [0.1, 0.15) is 5.82 Å². The average Bonchev–Trinajstić information content (AvgIpc) is 3.52. The van der Waals surface area contributed by atoms with Gasteiger partial charge in [0.05, 0.1) is 19.7 Å². The number of aromatic nitrogens is 1. The molecule has 2 heterocycles. The van der Waals surface area contributed by atoms with Crippen molar-refractivity contribution in [3.05, 3.63) is 24.3 Å². The van der Waals surface area contributed by atoms with Gasteiger partial charge in [-0.3, -0.25) is 4.90 Å². The van der Waals surface area contributed by atoms with Crippen molar-refractivity contribution < 1.29 is 9.47 Å². The number of anilines is 1. The van der Waals surface area contributed by atoms with Crippen molar-refractivity contribution in [2.75, 3.05) is 45.3 Å². The first-order valence-corrected chi connectivity index (χ1v) is 9.55. The number of benzene rings is 1. The normalized spacial score (nSPS) is 19.0. The Labute approximate surface area is 155 Å². The number of fused-ring (bicyclic) bond motifs is 1. The Morgan fingerprint density at radius 3 is 2.23 bits per heavy atom. The van der Waals surface area contributed by atoms with Crippen LogP contribution in [0.5, 0.6) is 11.5 Å². The van der Waals surface area contributed by atoms with E-state index in [0.29, 0.717) is 5.54 Å². The van der Waals surface area contributed by atoms with Crippen LogP contribution in [-0.4, -0.2) is 55.8 Å². The fraction of sp³-hybridized carbons (Fsp3) is 0.571. The molecule has 5 nitrogen and oxygen atoms in total. The standard InChI is InChI=1S/C21H29N3O2/c1-21(2,16-6-7-16)24-11-9-23(10-12-24)20-8-5-15-13-18(25-3)19(26-4)14-17(15)22-20/h5,8,13-14,16H,6-7,9-12H2,1-4H3. The molecule has 0 bridgehead atoms. The molecule has 0 radical (unpaired) electrons. The maximum Gasteiger partial charge on any atom is 0.162 e. The fourth-order valence-corrected chi connectivity index (χ4v) is 4.18. The van der Waals surface area contributed by atoms with Crippen LogP contribution in [0.3, 0.4) is 0 Å². The molecular formula is C21H29N3O2. The van der Waals surface area contributed by atoms with Crippen molar-refractivity contribution in [1.82, 2.24) is 9.88 Å². The Kier molecular flexibility index (Phi) is 4.43. The fourth-order valence-electron chi connectivity index (χ4n) is 4.18. The minimum absolute atomic E-state index is 0.340. The van der Waals surface area contributed by atoms with Gasteiger partial charge < -0.3 is 14.4 Å². The molecule has 2 aromatic rings. The molecular weight excluding hydrogens is 326 g/mol. The van der Waals surface area contributed by atoms with E-state index in [2.05, 4.69) is 35.8 Å². The van der Waals surface area contributed by atoms with Gasteiger partial charge in [-0.05, 0) is 50.8 Å². The summed E-state index contributed by atoms with van der Waals surface area (Å²) in [4.78, 5) is 9.95. The van der Waals surface area contributed by atoms with E-state index >= 15 is 0 Å². The van der Waals surface area contributed by atoms with E-state index in [9.17, 15) is 0 Å².